The highest BCUT2D eigenvalue weighted by molar-refractivity contribution is 5.79. The molecule has 0 spiro atoms. The number of hydrogen-bond donors (Lipinski definition) is 1. The molecule has 2 heterocycles. The molecule has 5 heteroatoms. The second-order valence-corrected chi connectivity index (χ2v) is 7.21. The van der Waals surface area contributed by atoms with Gasteiger partial charge in [-0.1, -0.05) is 23.8 Å². The minimum Gasteiger partial charge on any atom is -0.335 e. The number of nitrogens with one attached hydrogen (secondary N) is 1. The highest BCUT2D eigenvalue weighted by Crippen LogP contribution is 2.20. The molecule has 0 bridgehead atoms. The monoisotopic (exact) mass is 352 g/mol. The van der Waals surface area contributed by atoms with Gasteiger partial charge in [0.05, 0.1) is 6.42 Å². The first-order valence-corrected chi connectivity index (χ1v) is 9.43. The molecule has 26 heavy (non-hydrogen) atoms. The van der Waals surface area contributed by atoms with Crippen LogP contribution >= 0.6 is 0 Å². The number of nitrogens with zero attached hydrogens (tertiary/aromatic N) is 3. The van der Waals surface area contributed by atoms with E-state index in [0.717, 1.165) is 43.5 Å². The van der Waals surface area contributed by atoms with Crippen LogP contribution in [0.4, 0.5) is 0 Å². The number of carbonyl (C=O) groups excluding carboxylic acids is 1. The van der Waals surface area contributed by atoms with Crippen LogP contribution in [0.5, 0.6) is 0 Å². The largest absolute Gasteiger partial charge is 0.335 e. The second kappa shape index (κ2) is 8.90. The molecular weight excluding hydrogens is 324 g/mol. The van der Waals surface area contributed by atoms with Crippen molar-refractivity contribution in [1.82, 2.24) is 20.2 Å². The van der Waals surface area contributed by atoms with Crippen LogP contribution in [0, 0.1) is 13.8 Å². The van der Waals surface area contributed by atoms with Crippen molar-refractivity contribution in [3.63, 3.8) is 0 Å². The predicted molar refractivity (Wildman–Crippen MR) is 103 cm³/mol. The summed E-state index contributed by atoms with van der Waals surface area (Å²) in [4.78, 5) is 23.5. The van der Waals surface area contributed by atoms with Gasteiger partial charge >= 0.3 is 0 Å². The summed E-state index contributed by atoms with van der Waals surface area (Å²) in [5, 5.41) is 3.44. The number of aryl methyl sites for hydroxylation is 2. The van der Waals surface area contributed by atoms with E-state index in [0.29, 0.717) is 13.0 Å². The molecule has 1 amide bonds. The molecule has 2 aromatic rings. The van der Waals surface area contributed by atoms with Crippen molar-refractivity contribution in [2.75, 3.05) is 13.1 Å². The Kier molecular flexibility index (Phi) is 6.34. The first-order valence-electron chi connectivity index (χ1n) is 9.43. The summed E-state index contributed by atoms with van der Waals surface area (Å²) in [5.74, 6) is 0.189. The summed E-state index contributed by atoms with van der Waals surface area (Å²) in [5.41, 5.74) is 4.48. The molecule has 0 saturated carbocycles. The van der Waals surface area contributed by atoms with Gasteiger partial charge in [-0.25, -0.2) is 9.97 Å². The van der Waals surface area contributed by atoms with Crippen molar-refractivity contribution < 1.29 is 4.79 Å². The average Bonchev–Trinajstić information content (AvgIpc) is 2.93. The molecule has 3 rings (SSSR count). The molecule has 1 saturated heterocycles. The summed E-state index contributed by atoms with van der Waals surface area (Å²) < 4.78 is 0. The van der Waals surface area contributed by atoms with Crippen molar-refractivity contribution in [2.45, 2.75) is 52.1 Å². The summed E-state index contributed by atoms with van der Waals surface area (Å²) >= 11 is 0. The topological polar surface area (TPSA) is 58.1 Å². The molecule has 5 nitrogen and oxygen atoms in total. The van der Waals surface area contributed by atoms with E-state index in [4.69, 9.17) is 0 Å². The van der Waals surface area contributed by atoms with E-state index in [1.165, 1.54) is 17.5 Å². The van der Waals surface area contributed by atoms with Gasteiger partial charge in [0.15, 0.2) is 0 Å². The lowest BCUT2D eigenvalue weighted by Crippen LogP contribution is -2.41. The molecule has 1 atom stereocenters. The van der Waals surface area contributed by atoms with Crippen LogP contribution < -0.4 is 5.32 Å². The fourth-order valence-electron chi connectivity index (χ4n) is 3.60. The number of aromatic nitrogens is 2. The number of benzene rings is 1. The minimum absolute atomic E-state index is 0.189. The Morgan fingerprint density at radius 2 is 2.00 bits per heavy atom. The van der Waals surface area contributed by atoms with Gasteiger partial charge in [0, 0.05) is 30.5 Å². The number of hydrogen-bond acceptors (Lipinski definition) is 4. The zero-order chi connectivity index (χ0) is 18.4. The number of carbonyl (C=O) groups is 1. The maximum atomic E-state index is 13.3. The van der Waals surface area contributed by atoms with E-state index in [2.05, 4.69) is 47.3 Å². The Morgan fingerprint density at radius 3 is 2.81 bits per heavy atom. The Hall–Kier alpha value is -2.27. The SMILES string of the molecule is Cc1ccc(C)c(CC(=O)N(Cc2cncnc2)C2CCCNCC2)c1. The summed E-state index contributed by atoms with van der Waals surface area (Å²) in [7, 11) is 0. The van der Waals surface area contributed by atoms with Crippen molar-refractivity contribution in [3.05, 3.63) is 59.2 Å². The van der Waals surface area contributed by atoms with Crippen molar-refractivity contribution in [1.29, 1.82) is 0 Å². The lowest BCUT2D eigenvalue weighted by atomic mass is 10.0. The van der Waals surface area contributed by atoms with Crippen LogP contribution in [0.1, 0.15) is 41.5 Å². The minimum atomic E-state index is 0.189. The molecule has 1 unspecified atom stereocenters. The third-order valence-electron chi connectivity index (χ3n) is 5.12. The fourth-order valence-corrected chi connectivity index (χ4v) is 3.60. The quantitative estimate of drug-likeness (QED) is 0.899. The lowest BCUT2D eigenvalue weighted by molar-refractivity contribution is -0.133. The van der Waals surface area contributed by atoms with E-state index in [9.17, 15) is 4.79 Å². The molecule has 138 valence electrons. The normalized spacial score (nSPS) is 17.5. The predicted octanol–water partition coefficient (Wildman–Crippen LogP) is 2.81. The zero-order valence-corrected chi connectivity index (χ0v) is 15.7. The molecule has 1 aliphatic heterocycles. The highest BCUT2D eigenvalue weighted by atomic mass is 16.2. The number of amides is 1. The van der Waals surface area contributed by atoms with E-state index in [1.807, 2.05) is 4.90 Å². The standard InChI is InChI=1S/C21H28N4O/c1-16-5-6-17(2)19(10-16)11-21(26)25(14-18-12-23-15-24-13-18)20-4-3-8-22-9-7-20/h5-6,10,12-13,15,20,22H,3-4,7-9,11,14H2,1-2H3. The van der Waals surface area contributed by atoms with Gasteiger partial charge in [-0.05, 0) is 57.3 Å². The molecule has 1 aliphatic rings. The van der Waals surface area contributed by atoms with Crippen LogP contribution in [0.25, 0.3) is 0 Å². The van der Waals surface area contributed by atoms with Crippen LogP contribution in [-0.2, 0) is 17.8 Å². The zero-order valence-electron chi connectivity index (χ0n) is 15.7. The summed E-state index contributed by atoms with van der Waals surface area (Å²) in [6.45, 7) is 6.72. The Morgan fingerprint density at radius 1 is 1.19 bits per heavy atom. The maximum Gasteiger partial charge on any atom is 0.227 e. The van der Waals surface area contributed by atoms with Gasteiger partial charge in [0.25, 0.3) is 0 Å². The van der Waals surface area contributed by atoms with Gasteiger partial charge in [-0.15, -0.1) is 0 Å². The molecule has 1 fully saturated rings. The van der Waals surface area contributed by atoms with E-state index >= 15 is 0 Å². The van der Waals surface area contributed by atoms with Crippen molar-refractivity contribution >= 4 is 5.91 Å². The Balaban J connectivity index is 1.81. The molecule has 1 N–H and O–H groups in total. The van der Waals surface area contributed by atoms with E-state index in [-0.39, 0.29) is 11.9 Å². The first-order chi connectivity index (χ1) is 12.6. The van der Waals surface area contributed by atoms with Gasteiger partial charge in [0.1, 0.15) is 6.33 Å². The van der Waals surface area contributed by atoms with Crippen LogP contribution in [-0.4, -0.2) is 39.9 Å². The molecule has 1 aromatic carbocycles. The maximum absolute atomic E-state index is 13.3. The van der Waals surface area contributed by atoms with Crippen LogP contribution in [0.3, 0.4) is 0 Å². The van der Waals surface area contributed by atoms with Crippen LogP contribution in [0.2, 0.25) is 0 Å². The molecular formula is C21H28N4O. The smallest absolute Gasteiger partial charge is 0.227 e. The Labute approximate surface area is 155 Å². The molecule has 0 radical (unpaired) electrons. The van der Waals surface area contributed by atoms with Gasteiger partial charge in [0.2, 0.25) is 5.91 Å². The van der Waals surface area contributed by atoms with Gasteiger partial charge in [-0.3, -0.25) is 4.79 Å². The number of rotatable bonds is 5. The van der Waals surface area contributed by atoms with Gasteiger partial charge < -0.3 is 10.2 Å². The van der Waals surface area contributed by atoms with Crippen LogP contribution in [0.15, 0.2) is 36.9 Å². The fraction of sp³-hybridized carbons (Fsp3) is 0.476. The molecule has 0 aliphatic carbocycles. The summed E-state index contributed by atoms with van der Waals surface area (Å²) in [6, 6.07) is 6.59. The third-order valence-corrected chi connectivity index (χ3v) is 5.12. The van der Waals surface area contributed by atoms with E-state index < -0.39 is 0 Å². The Bertz CT molecular complexity index is 724. The highest BCUT2D eigenvalue weighted by Gasteiger charge is 2.25. The first kappa shape index (κ1) is 18.5. The second-order valence-electron chi connectivity index (χ2n) is 7.21. The lowest BCUT2D eigenvalue weighted by Gasteiger charge is -2.31. The summed E-state index contributed by atoms with van der Waals surface area (Å²) in [6.07, 6.45) is 8.72. The van der Waals surface area contributed by atoms with Gasteiger partial charge in [-0.2, -0.15) is 0 Å². The van der Waals surface area contributed by atoms with Crippen molar-refractivity contribution in [3.8, 4) is 0 Å². The van der Waals surface area contributed by atoms with Crippen molar-refractivity contribution in [2.24, 2.45) is 0 Å². The average molecular weight is 352 g/mol. The van der Waals surface area contributed by atoms with E-state index in [1.54, 1.807) is 12.4 Å². The third kappa shape index (κ3) is 4.88. The molecule has 1 aromatic heterocycles.